The van der Waals surface area contributed by atoms with Crippen LogP contribution in [0.5, 0.6) is 0 Å². The van der Waals surface area contributed by atoms with Gasteiger partial charge in [-0.25, -0.2) is 4.39 Å². The van der Waals surface area contributed by atoms with Crippen molar-refractivity contribution in [2.45, 2.75) is 20.3 Å². The number of benzene rings is 1. The van der Waals surface area contributed by atoms with Gasteiger partial charge in [-0.3, -0.25) is 0 Å². The van der Waals surface area contributed by atoms with E-state index in [0.717, 1.165) is 29.7 Å². The second-order valence-corrected chi connectivity index (χ2v) is 3.80. The molecule has 0 aliphatic carbocycles. The van der Waals surface area contributed by atoms with Gasteiger partial charge in [-0.15, -0.1) is 0 Å². The number of halogens is 1. The second-order valence-electron chi connectivity index (χ2n) is 3.80. The lowest BCUT2D eigenvalue weighted by atomic mass is 10.0. The molecule has 0 fully saturated rings. The van der Waals surface area contributed by atoms with Crippen molar-refractivity contribution in [3.63, 3.8) is 0 Å². The zero-order valence-corrected chi connectivity index (χ0v) is 9.60. The van der Waals surface area contributed by atoms with E-state index in [4.69, 9.17) is 0 Å². The van der Waals surface area contributed by atoms with Crippen LogP contribution >= 0.6 is 0 Å². The summed E-state index contributed by atoms with van der Waals surface area (Å²) in [4.78, 5) is 0. The maximum absolute atomic E-state index is 13.1. The van der Waals surface area contributed by atoms with Crippen molar-refractivity contribution in [2.24, 2.45) is 0 Å². The third kappa shape index (κ3) is 3.84. The topological polar surface area (TPSA) is 12.0 Å². The Morgan fingerprint density at radius 3 is 2.73 bits per heavy atom. The maximum Gasteiger partial charge on any atom is 0.124 e. The van der Waals surface area contributed by atoms with Crippen LogP contribution in [0, 0.1) is 12.7 Å². The zero-order chi connectivity index (χ0) is 11.3. The average molecular weight is 207 g/mol. The molecule has 1 aromatic rings. The molecule has 0 amide bonds. The van der Waals surface area contributed by atoms with Gasteiger partial charge in [-0.2, -0.15) is 0 Å². The molecule has 1 N–H and O–H groups in total. The second kappa shape index (κ2) is 5.66. The first-order valence-electron chi connectivity index (χ1n) is 5.22. The van der Waals surface area contributed by atoms with E-state index in [-0.39, 0.29) is 5.82 Å². The minimum Gasteiger partial charge on any atom is -0.319 e. The molecule has 0 unspecified atom stereocenters. The summed E-state index contributed by atoms with van der Waals surface area (Å²) in [6.45, 7) is 4.88. The molecule has 2 heteroatoms. The summed E-state index contributed by atoms with van der Waals surface area (Å²) in [7, 11) is 1.93. The quantitative estimate of drug-likeness (QED) is 0.748. The molecule has 0 aliphatic heterocycles. The lowest BCUT2D eigenvalue weighted by Gasteiger charge is -2.04. The van der Waals surface area contributed by atoms with Crippen LogP contribution in [0.4, 0.5) is 4.39 Å². The van der Waals surface area contributed by atoms with Gasteiger partial charge in [0, 0.05) is 0 Å². The van der Waals surface area contributed by atoms with E-state index < -0.39 is 0 Å². The van der Waals surface area contributed by atoms with Crippen molar-refractivity contribution in [3.05, 3.63) is 41.2 Å². The highest BCUT2D eigenvalue weighted by atomic mass is 19.1. The van der Waals surface area contributed by atoms with E-state index in [0.29, 0.717) is 0 Å². The third-order valence-electron chi connectivity index (χ3n) is 2.34. The summed E-state index contributed by atoms with van der Waals surface area (Å²) in [5, 5.41) is 3.08. The van der Waals surface area contributed by atoms with Crippen molar-refractivity contribution >= 4 is 5.57 Å². The van der Waals surface area contributed by atoms with Gasteiger partial charge in [0.05, 0.1) is 0 Å². The van der Waals surface area contributed by atoms with E-state index in [1.807, 2.05) is 27.0 Å². The van der Waals surface area contributed by atoms with Crippen LogP contribution in [0.3, 0.4) is 0 Å². The highest BCUT2D eigenvalue weighted by Gasteiger charge is 1.99. The predicted octanol–water partition coefficient (Wildman–Crippen LogP) is 3.15. The predicted molar refractivity (Wildman–Crippen MR) is 63.3 cm³/mol. The Morgan fingerprint density at radius 2 is 2.13 bits per heavy atom. The lowest BCUT2D eigenvalue weighted by molar-refractivity contribution is 0.626. The van der Waals surface area contributed by atoms with Gasteiger partial charge >= 0.3 is 0 Å². The van der Waals surface area contributed by atoms with E-state index in [2.05, 4.69) is 11.4 Å². The molecule has 0 aromatic heterocycles. The largest absolute Gasteiger partial charge is 0.319 e. The first kappa shape index (κ1) is 11.9. The van der Waals surface area contributed by atoms with Gasteiger partial charge in [-0.1, -0.05) is 12.1 Å². The van der Waals surface area contributed by atoms with Gasteiger partial charge in [-0.05, 0) is 62.7 Å². The molecule has 0 atom stereocenters. The Kier molecular flexibility index (Phi) is 4.50. The Bertz CT molecular complexity index is 335. The van der Waals surface area contributed by atoms with Crippen LogP contribution in [-0.2, 0) is 0 Å². The molecule has 0 radical (unpaired) electrons. The van der Waals surface area contributed by atoms with Crippen LogP contribution in [-0.4, -0.2) is 13.6 Å². The number of rotatable bonds is 4. The standard InChI is InChI=1S/C13H18FN/c1-10-7-12(9-13(14)8-10)11(2)5-4-6-15-3/h5,7-9,15H,4,6H2,1-3H3. The molecule has 82 valence electrons. The molecule has 0 heterocycles. The Morgan fingerprint density at radius 1 is 1.40 bits per heavy atom. The minimum absolute atomic E-state index is 0.161. The third-order valence-corrected chi connectivity index (χ3v) is 2.34. The number of allylic oxidation sites excluding steroid dienone is 1. The van der Waals surface area contributed by atoms with E-state index in [9.17, 15) is 4.39 Å². The summed E-state index contributed by atoms with van der Waals surface area (Å²) in [6.07, 6.45) is 3.10. The molecule has 1 nitrogen and oxygen atoms in total. The fraction of sp³-hybridized carbons (Fsp3) is 0.385. The number of nitrogens with one attached hydrogen (secondary N) is 1. The van der Waals surface area contributed by atoms with Crippen LogP contribution in [0.1, 0.15) is 24.5 Å². The first-order chi connectivity index (χ1) is 7.13. The zero-order valence-electron chi connectivity index (χ0n) is 9.60. The molecule has 0 spiro atoms. The van der Waals surface area contributed by atoms with Gasteiger partial charge < -0.3 is 5.32 Å². The van der Waals surface area contributed by atoms with E-state index in [1.54, 1.807) is 12.1 Å². The van der Waals surface area contributed by atoms with Crippen molar-refractivity contribution in [2.75, 3.05) is 13.6 Å². The summed E-state index contributed by atoms with van der Waals surface area (Å²) in [5.41, 5.74) is 3.07. The van der Waals surface area contributed by atoms with Crippen LogP contribution in [0.25, 0.3) is 5.57 Å². The molecule has 0 bridgehead atoms. The average Bonchev–Trinajstić information content (AvgIpc) is 2.16. The van der Waals surface area contributed by atoms with E-state index in [1.165, 1.54) is 0 Å². The Balaban J connectivity index is 2.81. The van der Waals surface area contributed by atoms with Gasteiger partial charge in [0.15, 0.2) is 0 Å². The molecular formula is C13H18FN. The van der Waals surface area contributed by atoms with Gasteiger partial charge in [0.2, 0.25) is 0 Å². The Labute approximate surface area is 91.0 Å². The summed E-state index contributed by atoms with van der Waals surface area (Å²) < 4.78 is 13.1. The highest BCUT2D eigenvalue weighted by Crippen LogP contribution is 2.17. The number of hydrogen-bond acceptors (Lipinski definition) is 1. The fourth-order valence-corrected chi connectivity index (χ4v) is 1.51. The molecular weight excluding hydrogens is 189 g/mol. The molecule has 0 aliphatic rings. The van der Waals surface area contributed by atoms with Gasteiger partial charge in [0.1, 0.15) is 5.82 Å². The normalized spacial score (nSPS) is 11.9. The minimum atomic E-state index is -0.161. The van der Waals surface area contributed by atoms with Crippen LogP contribution in [0.2, 0.25) is 0 Å². The smallest absolute Gasteiger partial charge is 0.124 e. The van der Waals surface area contributed by atoms with Crippen LogP contribution < -0.4 is 5.32 Å². The van der Waals surface area contributed by atoms with Gasteiger partial charge in [0.25, 0.3) is 0 Å². The van der Waals surface area contributed by atoms with Crippen LogP contribution in [0.15, 0.2) is 24.3 Å². The fourth-order valence-electron chi connectivity index (χ4n) is 1.51. The van der Waals surface area contributed by atoms with E-state index >= 15 is 0 Å². The van der Waals surface area contributed by atoms with Crippen molar-refractivity contribution in [3.8, 4) is 0 Å². The SMILES string of the molecule is CNCCC=C(C)c1cc(C)cc(F)c1. The monoisotopic (exact) mass is 207 g/mol. The Hall–Kier alpha value is -1.15. The summed E-state index contributed by atoms with van der Waals surface area (Å²) >= 11 is 0. The maximum atomic E-state index is 13.1. The molecule has 0 saturated carbocycles. The molecule has 15 heavy (non-hydrogen) atoms. The molecule has 1 aromatic carbocycles. The van der Waals surface area contributed by atoms with Crippen molar-refractivity contribution < 1.29 is 4.39 Å². The highest BCUT2D eigenvalue weighted by molar-refractivity contribution is 5.64. The number of aryl methyl sites for hydroxylation is 1. The van der Waals surface area contributed by atoms with Crippen molar-refractivity contribution in [1.29, 1.82) is 0 Å². The first-order valence-corrected chi connectivity index (χ1v) is 5.22. The summed E-state index contributed by atoms with van der Waals surface area (Å²) in [6, 6.07) is 5.14. The van der Waals surface area contributed by atoms with Crippen molar-refractivity contribution in [1.82, 2.24) is 5.32 Å². The number of hydrogen-bond donors (Lipinski definition) is 1. The lowest BCUT2D eigenvalue weighted by Crippen LogP contribution is -2.06. The molecule has 1 rings (SSSR count). The molecule has 0 saturated heterocycles. The summed E-state index contributed by atoms with van der Waals surface area (Å²) in [5.74, 6) is -0.161.